The highest BCUT2D eigenvalue weighted by molar-refractivity contribution is 5.94. The van der Waals surface area contributed by atoms with Gasteiger partial charge in [0, 0.05) is 5.69 Å². The first-order valence-corrected chi connectivity index (χ1v) is 7.78. The summed E-state index contributed by atoms with van der Waals surface area (Å²) in [6, 6.07) is 15.0. The van der Waals surface area contributed by atoms with Crippen molar-refractivity contribution >= 4 is 17.6 Å². The lowest BCUT2D eigenvalue weighted by Gasteiger charge is -2.15. The topological polar surface area (TPSA) is 88.4 Å². The number of nitrogens with zero attached hydrogens (tertiary/aromatic N) is 1. The number of nitriles is 1. The van der Waals surface area contributed by atoms with Gasteiger partial charge in [0.05, 0.1) is 23.8 Å². The average Bonchev–Trinajstić information content (AvgIpc) is 2.62. The summed E-state index contributed by atoms with van der Waals surface area (Å²) in [6.45, 7) is 3.62. The molecule has 0 saturated carbocycles. The number of nitrogens with one attached hydrogen (secondary N) is 1. The van der Waals surface area contributed by atoms with Gasteiger partial charge in [-0.25, -0.2) is 4.79 Å². The monoisotopic (exact) mass is 338 g/mol. The van der Waals surface area contributed by atoms with Gasteiger partial charge in [0.1, 0.15) is 5.75 Å². The second kappa shape index (κ2) is 8.50. The Morgan fingerprint density at radius 1 is 1.20 bits per heavy atom. The molecule has 128 valence electrons. The minimum Gasteiger partial charge on any atom is -0.481 e. The molecule has 1 atom stereocenters. The third-order valence-electron chi connectivity index (χ3n) is 3.31. The zero-order valence-corrected chi connectivity index (χ0v) is 14.0. The van der Waals surface area contributed by atoms with Crippen molar-refractivity contribution in [2.75, 3.05) is 11.9 Å². The number of hydrogen-bond acceptors (Lipinski definition) is 5. The molecule has 0 heterocycles. The van der Waals surface area contributed by atoms with Crippen molar-refractivity contribution in [3.05, 3.63) is 59.7 Å². The molecule has 0 spiro atoms. The minimum absolute atomic E-state index is 0.285. The number of anilines is 1. The number of carbonyl (C=O) groups excluding carboxylic acids is 2. The van der Waals surface area contributed by atoms with E-state index in [1.807, 2.05) is 6.07 Å². The Labute approximate surface area is 146 Å². The van der Waals surface area contributed by atoms with Crippen LogP contribution in [0.25, 0.3) is 0 Å². The highest BCUT2D eigenvalue weighted by Crippen LogP contribution is 2.17. The fraction of sp³-hybridized carbons (Fsp3) is 0.211. The molecule has 2 rings (SSSR count). The van der Waals surface area contributed by atoms with E-state index in [1.54, 1.807) is 56.3 Å². The van der Waals surface area contributed by atoms with Gasteiger partial charge in [0.2, 0.25) is 0 Å². The van der Waals surface area contributed by atoms with Crippen molar-refractivity contribution in [1.29, 1.82) is 5.26 Å². The highest BCUT2D eigenvalue weighted by atomic mass is 16.5. The molecule has 0 aliphatic heterocycles. The van der Waals surface area contributed by atoms with Crippen LogP contribution in [0.2, 0.25) is 0 Å². The SMILES string of the molecule is CCOC(=O)c1cccc(O[C@H](C)C(=O)Nc2ccc(C#N)cc2)c1. The Balaban J connectivity index is 1.99. The Hall–Kier alpha value is -3.33. The van der Waals surface area contributed by atoms with E-state index in [-0.39, 0.29) is 12.5 Å². The van der Waals surface area contributed by atoms with Crippen molar-refractivity contribution in [2.24, 2.45) is 0 Å². The van der Waals surface area contributed by atoms with Crippen molar-refractivity contribution in [1.82, 2.24) is 0 Å². The van der Waals surface area contributed by atoms with Crippen LogP contribution in [0, 0.1) is 11.3 Å². The van der Waals surface area contributed by atoms with Crippen LogP contribution in [-0.4, -0.2) is 24.6 Å². The van der Waals surface area contributed by atoms with Crippen molar-refractivity contribution in [2.45, 2.75) is 20.0 Å². The summed E-state index contributed by atoms with van der Waals surface area (Å²) in [5.74, 6) is -0.387. The minimum atomic E-state index is -0.770. The van der Waals surface area contributed by atoms with Gasteiger partial charge in [0.25, 0.3) is 5.91 Å². The number of amides is 1. The van der Waals surface area contributed by atoms with Crippen LogP contribution < -0.4 is 10.1 Å². The first kappa shape index (κ1) is 18.0. The van der Waals surface area contributed by atoms with E-state index < -0.39 is 12.1 Å². The summed E-state index contributed by atoms with van der Waals surface area (Å²) >= 11 is 0. The summed E-state index contributed by atoms with van der Waals surface area (Å²) in [5, 5.41) is 11.5. The maximum absolute atomic E-state index is 12.2. The molecular formula is C19H18N2O4. The van der Waals surface area contributed by atoms with E-state index in [1.165, 1.54) is 6.07 Å². The van der Waals surface area contributed by atoms with E-state index in [9.17, 15) is 9.59 Å². The molecule has 6 nitrogen and oxygen atoms in total. The lowest BCUT2D eigenvalue weighted by atomic mass is 10.2. The second-order valence-corrected chi connectivity index (χ2v) is 5.19. The summed E-state index contributed by atoms with van der Waals surface area (Å²) in [4.78, 5) is 23.9. The smallest absolute Gasteiger partial charge is 0.338 e. The summed E-state index contributed by atoms with van der Waals surface area (Å²) in [7, 11) is 0. The Morgan fingerprint density at radius 3 is 2.56 bits per heavy atom. The molecule has 1 amide bonds. The zero-order valence-electron chi connectivity index (χ0n) is 14.0. The first-order valence-electron chi connectivity index (χ1n) is 7.78. The van der Waals surface area contributed by atoms with Crippen LogP contribution in [0.3, 0.4) is 0 Å². The molecule has 0 saturated heterocycles. The van der Waals surface area contributed by atoms with Crippen molar-refractivity contribution < 1.29 is 19.1 Å². The summed E-state index contributed by atoms with van der Waals surface area (Å²) in [5.41, 5.74) is 1.44. The average molecular weight is 338 g/mol. The van der Waals surface area contributed by atoms with E-state index in [2.05, 4.69) is 5.32 Å². The Morgan fingerprint density at radius 2 is 1.92 bits per heavy atom. The Bertz CT molecular complexity index is 794. The van der Waals surface area contributed by atoms with Gasteiger partial charge in [-0.2, -0.15) is 5.26 Å². The van der Waals surface area contributed by atoms with Crippen LogP contribution in [0.4, 0.5) is 5.69 Å². The summed E-state index contributed by atoms with van der Waals surface area (Å²) in [6.07, 6.45) is -0.770. The number of ether oxygens (including phenoxy) is 2. The van der Waals surface area contributed by atoms with E-state index in [0.29, 0.717) is 22.6 Å². The van der Waals surface area contributed by atoms with Crippen LogP contribution in [0.1, 0.15) is 29.8 Å². The molecule has 2 aromatic carbocycles. The molecule has 2 aromatic rings. The van der Waals surface area contributed by atoms with Gasteiger partial charge in [0.15, 0.2) is 6.10 Å². The van der Waals surface area contributed by atoms with Gasteiger partial charge in [-0.1, -0.05) is 6.07 Å². The van der Waals surface area contributed by atoms with Crippen LogP contribution in [0.5, 0.6) is 5.75 Å². The van der Waals surface area contributed by atoms with Crippen LogP contribution in [0.15, 0.2) is 48.5 Å². The lowest BCUT2D eigenvalue weighted by Crippen LogP contribution is -2.30. The van der Waals surface area contributed by atoms with Crippen molar-refractivity contribution in [3.63, 3.8) is 0 Å². The molecule has 0 aliphatic rings. The quantitative estimate of drug-likeness (QED) is 0.818. The second-order valence-electron chi connectivity index (χ2n) is 5.19. The molecular weight excluding hydrogens is 320 g/mol. The molecule has 0 unspecified atom stereocenters. The maximum atomic E-state index is 12.2. The van der Waals surface area contributed by atoms with Gasteiger partial charge < -0.3 is 14.8 Å². The number of rotatable bonds is 6. The van der Waals surface area contributed by atoms with E-state index in [0.717, 1.165) is 0 Å². The van der Waals surface area contributed by atoms with Gasteiger partial charge in [-0.05, 0) is 56.3 Å². The molecule has 0 bridgehead atoms. The molecule has 0 fully saturated rings. The normalized spacial score (nSPS) is 11.1. The fourth-order valence-electron chi connectivity index (χ4n) is 2.04. The van der Waals surface area contributed by atoms with Crippen LogP contribution >= 0.6 is 0 Å². The third kappa shape index (κ3) is 5.08. The predicted octanol–water partition coefficient (Wildman–Crippen LogP) is 3.14. The van der Waals surface area contributed by atoms with Gasteiger partial charge >= 0.3 is 5.97 Å². The third-order valence-corrected chi connectivity index (χ3v) is 3.31. The lowest BCUT2D eigenvalue weighted by molar-refractivity contribution is -0.122. The summed E-state index contributed by atoms with van der Waals surface area (Å²) < 4.78 is 10.5. The van der Waals surface area contributed by atoms with Gasteiger partial charge in [-0.3, -0.25) is 4.79 Å². The molecule has 25 heavy (non-hydrogen) atoms. The van der Waals surface area contributed by atoms with Crippen molar-refractivity contribution in [3.8, 4) is 11.8 Å². The molecule has 0 aliphatic carbocycles. The largest absolute Gasteiger partial charge is 0.481 e. The number of benzene rings is 2. The highest BCUT2D eigenvalue weighted by Gasteiger charge is 2.16. The molecule has 6 heteroatoms. The Kier molecular flexibility index (Phi) is 6.13. The standard InChI is InChI=1S/C19H18N2O4/c1-3-24-19(23)15-5-4-6-17(11-15)25-13(2)18(22)21-16-9-7-14(12-20)8-10-16/h4-11,13H,3H2,1-2H3,(H,21,22)/t13-/m1/s1. The first-order chi connectivity index (χ1) is 12.0. The van der Waals surface area contributed by atoms with Gasteiger partial charge in [-0.15, -0.1) is 0 Å². The molecule has 0 radical (unpaired) electrons. The zero-order chi connectivity index (χ0) is 18.2. The number of esters is 1. The number of carbonyl (C=O) groups is 2. The predicted molar refractivity (Wildman–Crippen MR) is 92.3 cm³/mol. The molecule has 0 aromatic heterocycles. The van der Waals surface area contributed by atoms with E-state index in [4.69, 9.17) is 14.7 Å². The van der Waals surface area contributed by atoms with E-state index >= 15 is 0 Å². The molecule has 1 N–H and O–H groups in total. The number of hydrogen-bond donors (Lipinski definition) is 1. The van der Waals surface area contributed by atoms with Crippen LogP contribution in [-0.2, 0) is 9.53 Å². The maximum Gasteiger partial charge on any atom is 0.338 e. The fourth-order valence-corrected chi connectivity index (χ4v) is 2.04.